The highest BCUT2D eigenvalue weighted by atomic mass is 35.5. The van der Waals surface area contributed by atoms with E-state index in [0.29, 0.717) is 16.3 Å². The number of rotatable bonds is 7. The van der Waals surface area contributed by atoms with Crippen LogP contribution in [0.3, 0.4) is 0 Å². The summed E-state index contributed by atoms with van der Waals surface area (Å²) in [7, 11) is 0. The van der Waals surface area contributed by atoms with Crippen LogP contribution in [0.2, 0.25) is 5.02 Å². The molecule has 7 nitrogen and oxygen atoms in total. The molecular formula is C26H23ClN2O5S. The third kappa shape index (κ3) is 5.13. The molecule has 0 bridgehead atoms. The van der Waals surface area contributed by atoms with Crippen LogP contribution in [0, 0.1) is 20.8 Å². The van der Waals surface area contributed by atoms with Crippen molar-refractivity contribution in [2.24, 2.45) is 0 Å². The normalized spacial score (nSPS) is 14.7. The Morgan fingerprint density at radius 2 is 1.80 bits per heavy atom. The van der Waals surface area contributed by atoms with Crippen LogP contribution >= 0.6 is 23.4 Å². The second kappa shape index (κ2) is 10.0. The van der Waals surface area contributed by atoms with Crippen LogP contribution in [0.15, 0.2) is 53.4 Å². The van der Waals surface area contributed by atoms with Gasteiger partial charge in [-0.3, -0.25) is 14.5 Å². The van der Waals surface area contributed by atoms with Gasteiger partial charge in [0.25, 0.3) is 11.1 Å². The van der Waals surface area contributed by atoms with Gasteiger partial charge in [0.1, 0.15) is 12.4 Å². The minimum absolute atomic E-state index is 0.00666. The molecule has 2 aromatic carbocycles. The summed E-state index contributed by atoms with van der Waals surface area (Å²) >= 11 is 6.90. The third-order valence-corrected chi connectivity index (χ3v) is 6.91. The fourth-order valence-electron chi connectivity index (χ4n) is 3.87. The van der Waals surface area contributed by atoms with E-state index < -0.39 is 5.97 Å². The largest absolute Gasteiger partial charge is 0.492 e. The molecule has 2 amide bonds. The number of thioether (sulfide) groups is 1. The van der Waals surface area contributed by atoms with Crippen LogP contribution in [0.25, 0.3) is 11.8 Å². The highest BCUT2D eigenvalue weighted by Gasteiger charge is 2.35. The van der Waals surface area contributed by atoms with E-state index in [-0.39, 0.29) is 34.9 Å². The second-order valence-corrected chi connectivity index (χ2v) is 9.53. The van der Waals surface area contributed by atoms with Crippen molar-refractivity contribution in [1.29, 1.82) is 0 Å². The molecule has 0 spiro atoms. The van der Waals surface area contributed by atoms with E-state index >= 15 is 0 Å². The van der Waals surface area contributed by atoms with Crippen molar-refractivity contribution in [3.8, 4) is 11.4 Å². The molecule has 4 rings (SSSR count). The number of aryl methyl sites for hydroxylation is 2. The van der Waals surface area contributed by atoms with Crippen molar-refractivity contribution < 1.29 is 24.2 Å². The van der Waals surface area contributed by atoms with Gasteiger partial charge in [-0.05, 0) is 80.6 Å². The Morgan fingerprint density at radius 1 is 1.09 bits per heavy atom. The Kier molecular flexibility index (Phi) is 7.05. The van der Waals surface area contributed by atoms with E-state index in [2.05, 4.69) is 0 Å². The number of nitrogens with zero attached hydrogens (tertiary/aromatic N) is 2. The summed E-state index contributed by atoms with van der Waals surface area (Å²) in [5, 5.41) is 9.21. The number of aromatic nitrogens is 1. The summed E-state index contributed by atoms with van der Waals surface area (Å²) in [6.07, 6.45) is 1.69. The molecular weight excluding hydrogens is 488 g/mol. The molecule has 1 saturated heterocycles. The lowest BCUT2D eigenvalue weighted by molar-refractivity contribution is -0.123. The van der Waals surface area contributed by atoms with E-state index in [1.165, 1.54) is 11.0 Å². The topological polar surface area (TPSA) is 88.8 Å². The summed E-state index contributed by atoms with van der Waals surface area (Å²) in [4.78, 5) is 38.4. The quantitative estimate of drug-likeness (QED) is 0.400. The molecule has 1 aliphatic rings. The molecule has 9 heteroatoms. The molecule has 180 valence electrons. The highest BCUT2D eigenvalue weighted by Crippen LogP contribution is 2.34. The number of ether oxygens (including phenoxy) is 1. The molecule has 2 heterocycles. The molecule has 0 aliphatic carbocycles. The van der Waals surface area contributed by atoms with E-state index in [4.69, 9.17) is 16.3 Å². The Morgan fingerprint density at radius 3 is 2.49 bits per heavy atom. The Labute approximate surface area is 211 Å². The van der Waals surface area contributed by atoms with Gasteiger partial charge in [-0.1, -0.05) is 29.3 Å². The second-order valence-electron chi connectivity index (χ2n) is 8.13. The van der Waals surface area contributed by atoms with Gasteiger partial charge < -0.3 is 14.4 Å². The first-order valence-corrected chi connectivity index (χ1v) is 12.0. The predicted octanol–water partition coefficient (Wildman–Crippen LogP) is 5.87. The van der Waals surface area contributed by atoms with Crippen LogP contribution < -0.4 is 4.74 Å². The zero-order chi connectivity index (χ0) is 25.3. The maximum atomic E-state index is 12.9. The molecule has 0 radical (unpaired) electrons. The molecule has 3 aromatic rings. The van der Waals surface area contributed by atoms with Gasteiger partial charge in [0.05, 0.1) is 22.0 Å². The third-order valence-electron chi connectivity index (χ3n) is 5.67. The maximum Gasteiger partial charge on any atom is 0.337 e. The predicted molar refractivity (Wildman–Crippen MR) is 137 cm³/mol. The number of halogens is 1. The van der Waals surface area contributed by atoms with Gasteiger partial charge in [-0.15, -0.1) is 0 Å². The van der Waals surface area contributed by atoms with Gasteiger partial charge >= 0.3 is 5.97 Å². The molecule has 1 N–H and O–H groups in total. The summed E-state index contributed by atoms with van der Waals surface area (Å²) in [6, 6.07) is 14.2. The van der Waals surface area contributed by atoms with Crippen LogP contribution in [-0.2, 0) is 4.79 Å². The van der Waals surface area contributed by atoms with E-state index in [9.17, 15) is 19.5 Å². The molecule has 0 unspecified atom stereocenters. The van der Waals surface area contributed by atoms with Crippen molar-refractivity contribution in [3.63, 3.8) is 0 Å². The van der Waals surface area contributed by atoms with E-state index in [1.54, 1.807) is 18.2 Å². The van der Waals surface area contributed by atoms with Gasteiger partial charge in [-0.25, -0.2) is 4.79 Å². The summed E-state index contributed by atoms with van der Waals surface area (Å²) in [6.45, 7) is 6.08. The number of carbonyl (C=O) groups is 3. The van der Waals surface area contributed by atoms with Crippen LogP contribution in [0.1, 0.15) is 32.9 Å². The number of hydrogen-bond donors (Lipinski definition) is 1. The zero-order valence-corrected chi connectivity index (χ0v) is 20.9. The zero-order valence-electron chi connectivity index (χ0n) is 19.4. The molecule has 1 fully saturated rings. The fourth-order valence-corrected chi connectivity index (χ4v) is 4.92. The fraction of sp³-hybridized carbons (Fsp3) is 0.192. The molecule has 0 atom stereocenters. The Balaban J connectivity index is 1.52. The first-order valence-electron chi connectivity index (χ1n) is 10.8. The smallest absolute Gasteiger partial charge is 0.337 e. The molecule has 35 heavy (non-hydrogen) atoms. The Hall–Kier alpha value is -3.49. The summed E-state index contributed by atoms with van der Waals surface area (Å²) in [5.74, 6) is -0.796. The van der Waals surface area contributed by atoms with E-state index in [0.717, 1.165) is 34.3 Å². The van der Waals surface area contributed by atoms with Crippen molar-refractivity contribution in [2.45, 2.75) is 20.8 Å². The lowest BCUT2D eigenvalue weighted by atomic mass is 10.2. The van der Waals surface area contributed by atoms with E-state index in [1.807, 2.05) is 55.7 Å². The van der Waals surface area contributed by atoms with Crippen molar-refractivity contribution in [1.82, 2.24) is 9.47 Å². The first-order chi connectivity index (χ1) is 16.7. The molecule has 1 aromatic heterocycles. The molecule has 1 aliphatic heterocycles. The summed E-state index contributed by atoms with van der Waals surface area (Å²) < 4.78 is 7.55. The van der Waals surface area contributed by atoms with Crippen molar-refractivity contribution in [3.05, 3.63) is 86.5 Å². The number of benzene rings is 2. The number of carbonyl (C=O) groups excluding carboxylic acids is 2. The highest BCUT2D eigenvalue weighted by molar-refractivity contribution is 8.18. The molecule has 0 saturated carbocycles. The van der Waals surface area contributed by atoms with Crippen molar-refractivity contribution >= 4 is 46.6 Å². The minimum Gasteiger partial charge on any atom is -0.492 e. The van der Waals surface area contributed by atoms with Crippen LogP contribution in [-0.4, -0.2) is 44.8 Å². The minimum atomic E-state index is -1.11. The number of carboxylic acid groups (broad SMARTS) is 1. The standard InChI is InChI=1S/C26H23ClN2O5S/c1-15-4-7-20(8-5-15)34-11-10-28-24(30)23(35-26(28)33)13-18-12-16(2)29(17(18)3)19-6-9-22(27)21(14-19)25(31)32/h4-9,12-14H,10-11H2,1-3H3,(H,31,32)/b23-13-. The number of aromatic carboxylic acids is 1. The first kappa shape index (κ1) is 24.6. The lowest BCUT2D eigenvalue weighted by Gasteiger charge is -2.13. The van der Waals surface area contributed by atoms with Crippen molar-refractivity contribution in [2.75, 3.05) is 13.2 Å². The van der Waals surface area contributed by atoms with Gasteiger partial charge in [-0.2, -0.15) is 0 Å². The number of hydrogen-bond acceptors (Lipinski definition) is 5. The average molecular weight is 511 g/mol. The number of imide groups is 1. The van der Waals surface area contributed by atoms with Gasteiger partial charge in [0, 0.05) is 17.1 Å². The van der Waals surface area contributed by atoms with Gasteiger partial charge in [0.15, 0.2) is 0 Å². The number of carboxylic acids is 1. The maximum absolute atomic E-state index is 12.9. The monoisotopic (exact) mass is 510 g/mol. The number of amides is 2. The lowest BCUT2D eigenvalue weighted by Crippen LogP contribution is -2.32. The van der Waals surface area contributed by atoms with Crippen LogP contribution in [0.4, 0.5) is 4.79 Å². The Bertz CT molecular complexity index is 1360. The van der Waals surface area contributed by atoms with Crippen LogP contribution in [0.5, 0.6) is 5.75 Å². The van der Waals surface area contributed by atoms with Gasteiger partial charge in [0.2, 0.25) is 0 Å². The SMILES string of the molecule is Cc1ccc(OCCN2C(=O)S/C(=C\c3cc(C)n(-c4ccc(Cl)c(C(=O)O)c4)c3C)C2=O)cc1. The summed E-state index contributed by atoms with van der Waals surface area (Å²) in [5.41, 5.74) is 4.17. The average Bonchev–Trinajstić information content (AvgIpc) is 3.24.